The Labute approximate surface area is 332 Å². The van der Waals surface area contributed by atoms with Crippen LogP contribution in [0.25, 0.3) is 0 Å². The molecular weight excluding hydrogens is 728 g/mol. The zero-order valence-corrected chi connectivity index (χ0v) is 31.6. The maximum Gasteiger partial charge on any atom is 0.338 e. The summed E-state index contributed by atoms with van der Waals surface area (Å²) in [7, 11) is 1.46. The molecule has 2 saturated heterocycles. The number of carbonyl (C=O) groups is 2. The zero-order chi connectivity index (χ0) is 39.2. The van der Waals surface area contributed by atoms with E-state index >= 15 is 0 Å². The summed E-state index contributed by atoms with van der Waals surface area (Å²) in [5.41, 5.74) is 3.61. The molecule has 2 heterocycles. The third kappa shape index (κ3) is 10.8. The molecule has 2 aliphatic rings. The average molecular weight is 775 g/mol. The fourth-order valence-electron chi connectivity index (χ4n) is 6.75. The lowest BCUT2D eigenvalue weighted by Gasteiger charge is -2.29. The Morgan fingerprint density at radius 2 is 0.947 bits per heavy atom. The van der Waals surface area contributed by atoms with Gasteiger partial charge in [-0.15, -0.1) is 0 Å². The van der Waals surface area contributed by atoms with Crippen LogP contribution in [0.3, 0.4) is 0 Å². The van der Waals surface area contributed by atoms with Gasteiger partial charge in [0.25, 0.3) is 0 Å². The van der Waals surface area contributed by atoms with E-state index < -0.39 is 61.1 Å². The second-order valence-electron chi connectivity index (χ2n) is 13.6. The lowest BCUT2D eigenvalue weighted by molar-refractivity contribution is -0.248. The van der Waals surface area contributed by atoms with Crippen molar-refractivity contribution in [2.75, 3.05) is 20.3 Å². The summed E-state index contributed by atoms with van der Waals surface area (Å²) in [5.74, 6) is -1.18. The van der Waals surface area contributed by atoms with Crippen molar-refractivity contribution in [2.45, 2.75) is 69.0 Å². The van der Waals surface area contributed by atoms with Gasteiger partial charge in [0.1, 0.15) is 31.0 Å². The van der Waals surface area contributed by atoms with Crippen LogP contribution in [0, 0.1) is 0 Å². The summed E-state index contributed by atoms with van der Waals surface area (Å²) in [5, 5.41) is 0. The molecule has 5 aromatic carbocycles. The summed E-state index contributed by atoms with van der Waals surface area (Å²) in [6.45, 7) is 0.783. The molecule has 11 heteroatoms. The lowest BCUT2D eigenvalue weighted by Crippen LogP contribution is -2.46. The standard InChI is InChI=1S/C46H46O11/c1-49-45-42(40(56-44(48)36-25-15-6-16-26-36)38(54-45)31-53-43(47)35-23-13-5-14-24-35)57-46-41(52-29-34-21-11-4-12-22-34)39(51-28-33-19-9-3-10-20-33)37(55-46)30-50-27-32-17-7-2-8-18-32/h2-26,37-42,45-46H,27-31H2,1H3/t37-,38-,39-,40-,41+,42+,45+,46-/m1/s1. The molecule has 0 spiro atoms. The minimum Gasteiger partial charge on any atom is -0.459 e. The SMILES string of the molecule is CO[C@H]1O[C@H](COC(=O)c2ccccc2)[C@@H](OC(=O)c2ccccc2)[C@@H]1O[C@H]1O[C@H](COCc2ccccc2)[C@@H](OCc2ccccc2)[C@@H]1OCc1ccccc1. The Kier molecular flexibility index (Phi) is 14.2. The smallest absolute Gasteiger partial charge is 0.338 e. The largest absolute Gasteiger partial charge is 0.459 e. The van der Waals surface area contributed by atoms with Crippen LogP contribution in [0.2, 0.25) is 0 Å². The van der Waals surface area contributed by atoms with Crippen LogP contribution < -0.4 is 0 Å². The number of hydrogen-bond donors (Lipinski definition) is 0. The molecule has 0 aliphatic carbocycles. The lowest BCUT2D eigenvalue weighted by atomic mass is 10.1. The van der Waals surface area contributed by atoms with E-state index in [1.807, 2.05) is 91.0 Å². The topological polar surface area (TPSA) is 117 Å². The minimum atomic E-state index is -1.10. The van der Waals surface area contributed by atoms with Gasteiger partial charge in [-0.2, -0.15) is 0 Å². The van der Waals surface area contributed by atoms with E-state index in [4.69, 9.17) is 42.6 Å². The normalized spacial score (nSPS) is 24.2. The van der Waals surface area contributed by atoms with E-state index in [2.05, 4.69) is 0 Å². The average Bonchev–Trinajstić information content (AvgIpc) is 3.77. The van der Waals surface area contributed by atoms with Crippen molar-refractivity contribution in [1.82, 2.24) is 0 Å². The van der Waals surface area contributed by atoms with Crippen molar-refractivity contribution < 1.29 is 52.2 Å². The zero-order valence-electron chi connectivity index (χ0n) is 31.6. The summed E-state index contributed by atoms with van der Waals surface area (Å²) in [6, 6.07) is 46.6. The first-order chi connectivity index (χ1) is 28.1. The van der Waals surface area contributed by atoms with Crippen LogP contribution in [0.1, 0.15) is 37.4 Å². The van der Waals surface area contributed by atoms with E-state index in [1.54, 1.807) is 60.7 Å². The molecule has 0 saturated carbocycles. The predicted octanol–water partition coefficient (Wildman–Crippen LogP) is 6.94. The van der Waals surface area contributed by atoms with Crippen molar-refractivity contribution in [3.8, 4) is 0 Å². The molecule has 0 aromatic heterocycles. The van der Waals surface area contributed by atoms with Gasteiger partial charge in [-0.3, -0.25) is 0 Å². The van der Waals surface area contributed by atoms with Crippen molar-refractivity contribution >= 4 is 11.9 Å². The number of rotatable bonds is 18. The van der Waals surface area contributed by atoms with Crippen molar-refractivity contribution in [2.24, 2.45) is 0 Å². The highest BCUT2D eigenvalue weighted by Crippen LogP contribution is 2.36. The predicted molar refractivity (Wildman–Crippen MR) is 208 cm³/mol. The van der Waals surface area contributed by atoms with Gasteiger partial charge in [0.15, 0.2) is 24.8 Å². The van der Waals surface area contributed by atoms with E-state index in [9.17, 15) is 9.59 Å². The van der Waals surface area contributed by atoms with E-state index in [1.165, 1.54) is 7.11 Å². The molecule has 2 fully saturated rings. The Morgan fingerprint density at radius 3 is 1.49 bits per heavy atom. The summed E-state index contributed by atoms with van der Waals surface area (Å²) >= 11 is 0. The molecule has 296 valence electrons. The first-order valence-electron chi connectivity index (χ1n) is 19.0. The van der Waals surface area contributed by atoms with E-state index in [-0.39, 0.29) is 26.4 Å². The summed E-state index contributed by atoms with van der Waals surface area (Å²) < 4.78 is 56.7. The molecule has 2 aliphatic heterocycles. The van der Waals surface area contributed by atoms with Crippen LogP contribution in [-0.2, 0) is 62.5 Å². The minimum absolute atomic E-state index is 0.165. The first-order valence-corrected chi connectivity index (χ1v) is 19.0. The van der Waals surface area contributed by atoms with Gasteiger partial charge in [0, 0.05) is 7.11 Å². The molecule has 0 radical (unpaired) electrons. The van der Waals surface area contributed by atoms with Gasteiger partial charge in [0.2, 0.25) is 0 Å². The summed E-state index contributed by atoms with van der Waals surface area (Å²) in [4.78, 5) is 26.6. The molecule has 0 bridgehead atoms. The molecule has 8 atom stereocenters. The molecule has 11 nitrogen and oxygen atoms in total. The second kappa shape index (κ2) is 20.3. The number of hydrogen-bond acceptors (Lipinski definition) is 11. The quantitative estimate of drug-likeness (QED) is 0.0863. The number of esters is 2. The highest BCUT2D eigenvalue weighted by atomic mass is 16.8. The van der Waals surface area contributed by atoms with Crippen LogP contribution in [0.5, 0.6) is 0 Å². The van der Waals surface area contributed by atoms with E-state index in [0.717, 1.165) is 16.7 Å². The van der Waals surface area contributed by atoms with Crippen molar-refractivity contribution in [1.29, 1.82) is 0 Å². The second-order valence-corrected chi connectivity index (χ2v) is 13.6. The van der Waals surface area contributed by atoms with Gasteiger partial charge in [-0.25, -0.2) is 9.59 Å². The highest BCUT2D eigenvalue weighted by Gasteiger charge is 2.54. The molecule has 0 amide bonds. The highest BCUT2D eigenvalue weighted by molar-refractivity contribution is 5.90. The molecule has 5 aromatic rings. The van der Waals surface area contributed by atoms with Crippen molar-refractivity contribution in [3.05, 3.63) is 179 Å². The van der Waals surface area contributed by atoms with Crippen LogP contribution >= 0.6 is 0 Å². The van der Waals surface area contributed by atoms with Gasteiger partial charge in [0.05, 0.1) is 37.6 Å². The first kappa shape index (κ1) is 40.0. The number of carbonyl (C=O) groups excluding carboxylic acids is 2. The van der Waals surface area contributed by atoms with Crippen LogP contribution in [0.15, 0.2) is 152 Å². The molecule has 0 N–H and O–H groups in total. The monoisotopic (exact) mass is 774 g/mol. The molecule has 7 rings (SSSR count). The van der Waals surface area contributed by atoms with Crippen LogP contribution in [0.4, 0.5) is 0 Å². The number of ether oxygens (including phenoxy) is 9. The Morgan fingerprint density at radius 1 is 0.491 bits per heavy atom. The van der Waals surface area contributed by atoms with Gasteiger partial charge >= 0.3 is 11.9 Å². The van der Waals surface area contributed by atoms with Gasteiger partial charge in [-0.05, 0) is 41.0 Å². The molecule has 57 heavy (non-hydrogen) atoms. The third-order valence-electron chi connectivity index (χ3n) is 9.66. The Balaban J connectivity index is 1.16. The van der Waals surface area contributed by atoms with Crippen LogP contribution in [-0.4, -0.2) is 81.5 Å². The number of benzene rings is 5. The van der Waals surface area contributed by atoms with E-state index in [0.29, 0.717) is 17.7 Å². The number of methoxy groups -OCH3 is 1. The Bertz CT molecular complexity index is 1950. The maximum absolute atomic E-state index is 13.6. The Hall–Kier alpha value is -5.24. The van der Waals surface area contributed by atoms with Gasteiger partial charge in [-0.1, -0.05) is 127 Å². The van der Waals surface area contributed by atoms with Crippen molar-refractivity contribution in [3.63, 3.8) is 0 Å². The molecular formula is C46H46O11. The maximum atomic E-state index is 13.6. The van der Waals surface area contributed by atoms with Gasteiger partial charge < -0.3 is 42.6 Å². The fourth-order valence-corrected chi connectivity index (χ4v) is 6.75. The third-order valence-corrected chi connectivity index (χ3v) is 9.66. The fraction of sp³-hybridized carbons (Fsp3) is 0.304. The summed E-state index contributed by atoms with van der Waals surface area (Å²) in [6.07, 6.45) is -7.26. The molecule has 0 unspecified atom stereocenters.